The fraction of sp³-hybridized carbons (Fsp3) is 0.400. The summed E-state index contributed by atoms with van der Waals surface area (Å²) in [6.45, 7) is 8.95. The highest BCUT2D eigenvalue weighted by Gasteiger charge is 2.52. The molecule has 1 spiro atoms. The van der Waals surface area contributed by atoms with E-state index in [4.69, 9.17) is 10.1 Å². The van der Waals surface area contributed by atoms with Gasteiger partial charge in [0.2, 0.25) is 0 Å². The molecule has 1 aliphatic heterocycles. The number of nitrogens with one attached hydrogen (secondary N) is 1. The zero-order chi connectivity index (χ0) is 30.8. The molecular weight excluding hydrogens is 540 g/mol. The maximum Gasteiger partial charge on any atom is 0.305 e. The number of rotatable bonds is 8. The largest absolute Gasteiger partial charge is 0.481 e. The first-order valence-corrected chi connectivity index (χ1v) is 15.0. The molecule has 0 saturated heterocycles. The Bertz CT molecular complexity index is 1520. The number of nitrogens with zero attached hydrogens (tertiary/aromatic N) is 3. The van der Waals surface area contributed by atoms with Gasteiger partial charge in [0.25, 0.3) is 11.8 Å². The lowest BCUT2D eigenvalue weighted by atomic mass is 9.69. The number of aromatic nitrogens is 1. The quantitative estimate of drug-likeness (QED) is 0.326. The van der Waals surface area contributed by atoms with Crippen LogP contribution in [0.2, 0.25) is 0 Å². The van der Waals surface area contributed by atoms with Crippen LogP contribution < -0.4 is 5.32 Å². The van der Waals surface area contributed by atoms with E-state index in [0.29, 0.717) is 17.2 Å². The second-order valence-corrected chi connectivity index (χ2v) is 12.8. The first-order valence-electron chi connectivity index (χ1n) is 15.0. The van der Waals surface area contributed by atoms with Crippen molar-refractivity contribution in [2.45, 2.75) is 71.5 Å². The molecule has 2 amide bonds. The van der Waals surface area contributed by atoms with Crippen molar-refractivity contribution in [3.63, 3.8) is 0 Å². The number of aliphatic imine (C=N–C) groups is 1. The van der Waals surface area contributed by atoms with E-state index in [2.05, 4.69) is 31.1 Å². The smallest absolute Gasteiger partial charge is 0.305 e. The second-order valence-electron chi connectivity index (χ2n) is 12.8. The van der Waals surface area contributed by atoms with Crippen LogP contribution in [-0.2, 0) is 9.59 Å². The van der Waals surface area contributed by atoms with Crippen molar-refractivity contribution < 1.29 is 19.5 Å². The van der Waals surface area contributed by atoms with Crippen molar-refractivity contribution in [2.24, 2.45) is 16.3 Å². The van der Waals surface area contributed by atoms with Crippen molar-refractivity contribution in [3.8, 4) is 11.1 Å². The molecule has 3 aromatic rings. The van der Waals surface area contributed by atoms with Gasteiger partial charge in [-0.1, -0.05) is 51.1 Å². The normalized spacial score (nSPS) is 21.0. The average molecular weight is 581 g/mol. The Morgan fingerprint density at radius 1 is 1.00 bits per heavy atom. The average Bonchev–Trinajstić information content (AvgIpc) is 3.27. The third-order valence-electron chi connectivity index (χ3n) is 9.02. The maximum atomic E-state index is 14.3. The first-order chi connectivity index (χ1) is 20.5. The van der Waals surface area contributed by atoms with Gasteiger partial charge in [0.05, 0.1) is 12.5 Å². The van der Waals surface area contributed by atoms with Gasteiger partial charge in [0.1, 0.15) is 11.4 Å². The van der Waals surface area contributed by atoms with Crippen LogP contribution in [0.4, 0.5) is 0 Å². The summed E-state index contributed by atoms with van der Waals surface area (Å²) in [6, 6.07) is 18.8. The topological polar surface area (TPSA) is 112 Å². The highest BCUT2D eigenvalue weighted by Crippen LogP contribution is 2.49. The Hall–Kier alpha value is -4.33. The summed E-state index contributed by atoms with van der Waals surface area (Å²) in [5, 5.41) is 11.5. The molecule has 2 heterocycles. The molecule has 1 atom stereocenters. The summed E-state index contributed by atoms with van der Waals surface area (Å²) < 4.78 is 0. The van der Waals surface area contributed by atoms with Gasteiger partial charge in [0, 0.05) is 30.1 Å². The molecule has 1 saturated carbocycles. The van der Waals surface area contributed by atoms with Crippen molar-refractivity contribution in [3.05, 3.63) is 89.7 Å². The fourth-order valence-corrected chi connectivity index (χ4v) is 6.47. The molecule has 1 fully saturated rings. The molecule has 2 aliphatic rings. The summed E-state index contributed by atoms with van der Waals surface area (Å²) in [6.07, 6.45) is 6.95. The molecule has 2 aromatic carbocycles. The van der Waals surface area contributed by atoms with E-state index >= 15 is 0 Å². The van der Waals surface area contributed by atoms with Gasteiger partial charge in [0.15, 0.2) is 0 Å². The Morgan fingerprint density at radius 3 is 2.28 bits per heavy atom. The van der Waals surface area contributed by atoms with Crippen LogP contribution in [0.1, 0.15) is 87.3 Å². The first kappa shape index (κ1) is 30.1. The zero-order valence-electron chi connectivity index (χ0n) is 25.3. The molecule has 224 valence electrons. The van der Waals surface area contributed by atoms with Gasteiger partial charge < -0.3 is 15.3 Å². The number of aliphatic carboxylic acids is 1. The number of carbonyl (C=O) groups is 3. The Labute approximate surface area is 253 Å². The molecule has 0 bridgehead atoms. The van der Waals surface area contributed by atoms with Crippen molar-refractivity contribution in [1.82, 2.24) is 15.2 Å². The van der Waals surface area contributed by atoms with Crippen LogP contribution in [0.15, 0.2) is 78.0 Å². The van der Waals surface area contributed by atoms with Crippen LogP contribution in [0.25, 0.3) is 11.1 Å². The minimum absolute atomic E-state index is 0.0646. The van der Waals surface area contributed by atoms with E-state index in [-0.39, 0.29) is 36.2 Å². The minimum atomic E-state index is -0.962. The molecular formula is C35H40N4O4. The predicted molar refractivity (Wildman–Crippen MR) is 167 cm³/mol. The molecule has 1 aliphatic carbocycles. The van der Waals surface area contributed by atoms with E-state index < -0.39 is 11.6 Å². The summed E-state index contributed by atoms with van der Waals surface area (Å²) in [5.74, 6) is -0.812. The lowest BCUT2D eigenvalue weighted by molar-refractivity contribution is -0.137. The predicted octanol–water partition coefficient (Wildman–Crippen LogP) is 6.28. The van der Waals surface area contributed by atoms with Crippen molar-refractivity contribution in [1.29, 1.82) is 0 Å². The minimum Gasteiger partial charge on any atom is -0.481 e. The molecule has 5 rings (SSSR count). The Morgan fingerprint density at radius 2 is 1.65 bits per heavy atom. The Kier molecular flexibility index (Phi) is 8.49. The standard InChI is InChI=1S/C35H40N4O4/c1-23(24-8-10-26(11-9-24)32(42)37-21-16-30(40)41)39-33(43)31(38-35(39)17-12-29(13-18-35)34(2,3)4)28-7-5-6-27(22-28)25-14-19-36-20-15-25/h5-11,14-15,19-20,22-23,29H,12-13,16-18,21H2,1-4H3,(H,37,42)(H,40,41). The summed E-state index contributed by atoms with van der Waals surface area (Å²) >= 11 is 0. The maximum absolute atomic E-state index is 14.3. The van der Waals surface area contributed by atoms with Crippen molar-refractivity contribution >= 4 is 23.5 Å². The number of amides is 2. The third kappa shape index (κ3) is 6.38. The number of benzene rings is 2. The summed E-state index contributed by atoms with van der Waals surface area (Å²) in [4.78, 5) is 49.0. The number of carbonyl (C=O) groups excluding carboxylic acids is 2. The van der Waals surface area contributed by atoms with Gasteiger partial charge in [-0.3, -0.25) is 24.4 Å². The molecule has 1 aromatic heterocycles. The highest BCUT2D eigenvalue weighted by atomic mass is 16.4. The van der Waals surface area contributed by atoms with Gasteiger partial charge in [-0.25, -0.2) is 0 Å². The van der Waals surface area contributed by atoms with Crippen LogP contribution in [0.3, 0.4) is 0 Å². The van der Waals surface area contributed by atoms with Crippen molar-refractivity contribution in [2.75, 3.05) is 6.54 Å². The van der Waals surface area contributed by atoms with Crippen LogP contribution in [-0.4, -0.2) is 50.7 Å². The van der Waals surface area contributed by atoms with Crippen LogP contribution in [0.5, 0.6) is 0 Å². The number of hydrogen-bond donors (Lipinski definition) is 2. The number of carboxylic acids is 1. The number of pyridine rings is 1. The van der Waals surface area contributed by atoms with Crippen LogP contribution in [0, 0.1) is 11.3 Å². The third-order valence-corrected chi connectivity index (χ3v) is 9.02. The summed E-state index contributed by atoms with van der Waals surface area (Å²) in [7, 11) is 0. The van der Waals surface area contributed by atoms with Gasteiger partial charge in [-0.2, -0.15) is 0 Å². The molecule has 1 unspecified atom stereocenters. The molecule has 8 nitrogen and oxygen atoms in total. The molecule has 43 heavy (non-hydrogen) atoms. The Balaban J connectivity index is 1.45. The van der Waals surface area contributed by atoms with E-state index in [0.717, 1.165) is 47.9 Å². The summed E-state index contributed by atoms with van der Waals surface area (Å²) in [5.41, 5.74) is 4.24. The van der Waals surface area contributed by atoms with Crippen LogP contribution >= 0.6 is 0 Å². The fourth-order valence-electron chi connectivity index (χ4n) is 6.47. The van der Waals surface area contributed by atoms with Gasteiger partial charge in [-0.05, 0) is 91.0 Å². The molecule has 8 heteroatoms. The van der Waals surface area contributed by atoms with E-state index in [1.807, 2.05) is 60.4 Å². The monoisotopic (exact) mass is 580 g/mol. The lowest BCUT2D eigenvalue weighted by Crippen LogP contribution is -2.50. The van der Waals surface area contributed by atoms with E-state index in [1.165, 1.54) is 0 Å². The zero-order valence-corrected chi connectivity index (χ0v) is 25.3. The second kappa shape index (κ2) is 12.1. The van der Waals surface area contributed by atoms with Gasteiger partial charge in [-0.15, -0.1) is 0 Å². The van der Waals surface area contributed by atoms with Gasteiger partial charge >= 0.3 is 5.97 Å². The highest BCUT2D eigenvalue weighted by molar-refractivity contribution is 6.47. The molecule has 2 N–H and O–H groups in total. The number of carboxylic acid groups (broad SMARTS) is 1. The van der Waals surface area contributed by atoms with E-state index in [9.17, 15) is 14.4 Å². The molecule has 0 radical (unpaired) electrons. The number of hydrogen-bond acceptors (Lipinski definition) is 5. The lowest BCUT2D eigenvalue weighted by Gasteiger charge is -2.46. The SMILES string of the molecule is CC(c1ccc(C(=O)NCCC(=O)O)cc1)N1C(=O)C(c2cccc(-c3ccncc3)c2)=NC12CCC(C(C)(C)C)CC2. The van der Waals surface area contributed by atoms with E-state index in [1.54, 1.807) is 24.5 Å².